The Kier molecular flexibility index (Phi) is 12.5. The Labute approximate surface area is 153 Å². The summed E-state index contributed by atoms with van der Waals surface area (Å²) in [4.78, 5) is 11.3. The number of ether oxygens (including phenoxy) is 2. The lowest BCUT2D eigenvalue weighted by Crippen LogP contribution is -2.13. The Morgan fingerprint density at radius 3 is 1.96 bits per heavy atom. The average Bonchev–Trinajstić information content (AvgIpc) is 2.61. The molecule has 4 heteroatoms. The van der Waals surface area contributed by atoms with Crippen molar-refractivity contribution in [3.63, 3.8) is 0 Å². The van der Waals surface area contributed by atoms with Crippen molar-refractivity contribution in [1.82, 2.24) is 0 Å². The maximum absolute atomic E-state index is 11.3. The summed E-state index contributed by atoms with van der Waals surface area (Å²) in [5.74, 6) is 0.838. The zero-order chi connectivity index (χ0) is 18.2. The molecule has 1 N–H and O–H groups in total. The van der Waals surface area contributed by atoms with Crippen LogP contribution in [0.3, 0.4) is 0 Å². The van der Waals surface area contributed by atoms with Gasteiger partial charge in [-0.25, -0.2) is 4.79 Å². The van der Waals surface area contributed by atoms with Crippen LogP contribution in [0, 0.1) is 0 Å². The molecule has 1 rings (SSSR count). The minimum absolute atomic E-state index is 0.367. The number of carbonyl (C=O) groups is 1. The fourth-order valence-corrected chi connectivity index (χ4v) is 2.70. The molecule has 0 spiro atoms. The predicted molar refractivity (Wildman–Crippen MR) is 104 cm³/mol. The Morgan fingerprint density at radius 2 is 1.40 bits per heavy atom. The highest BCUT2D eigenvalue weighted by molar-refractivity contribution is 5.84. The highest BCUT2D eigenvalue weighted by Gasteiger charge is 2.02. The van der Waals surface area contributed by atoms with E-state index in [2.05, 4.69) is 12.2 Å². The van der Waals surface area contributed by atoms with Crippen molar-refractivity contribution in [1.29, 1.82) is 0 Å². The van der Waals surface area contributed by atoms with Gasteiger partial charge in [0.05, 0.1) is 13.2 Å². The Morgan fingerprint density at radius 1 is 0.840 bits per heavy atom. The van der Waals surface area contributed by atoms with E-state index in [9.17, 15) is 4.79 Å². The van der Waals surface area contributed by atoms with Crippen molar-refractivity contribution in [3.8, 4) is 5.75 Å². The van der Waals surface area contributed by atoms with Crippen molar-refractivity contribution >= 4 is 11.8 Å². The first-order chi connectivity index (χ1) is 12.3. The van der Waals surface area contributed by atoms with Gasteiger partial charge in [0.1, 0.15) is 5.75 Å². The molecule has 0 saturated heterocycles. The second kappa shape index (κ2) is 14.6. The molecule has 0 bridgehead atoms. The predicted octanol–water partition coefficient (Wildman–Crippen LogP) is 6.55. The van der Waals surface area contributed by atoms with E-state index in [1.54, 1.807) is 6.92 Å². The van der Waals surface area contributed by atoms with E-state index in [4.69, 9.17) is 9.47 Å². The fourth-order valence-electron chi connectivity index (χ4n) is 2.70. The summed E-state index contributed by atoms with van der Waals surface area (Å²) in [7, 11) is 0. The molecule has 0 aromatic heterocycles. The first-order valence-corrected chi connectivity index (χ1v) is 9.93. The van der Waals surface area contributed by atoms with Gasteiger partial charge < -0.3 is 9.47 Å². The largest absolute Gasteiger partial charge is 0.494 e. The van der Waals surface area contributed by atoms with Crippen LogP contribution in [0.25, 0.3) is 0 Å². The maximum atomic E-state index is 11.3. The molecular formula is C21H35NO3. The van der Waals surface area contributed by atoms with E-state index in [1.807, 2.05) is 24.3 Å². The van der Waals surface area contributed by atoms with Gasteiger partial charge >= 0.3 is 6.09 Å². The molecule has 0 heterocycles. The molecule has 1 amide bonds. The van der Waals surface area contributed by atoms with Gasteiger partial charge in [-0.3, -0.25) is 5.32 Å². The third-order valence-electron chi connectivity index (χ3n) is 4.14. The number of unbranched alkanes of at least 4 members (excludes halogenated alkanes) is 9. The molecule has 142 valence electrons. The first kappa shape index (κ1) is 21.3. The zero-order valence-electron chi connectivity index (χ0n) is 16.0. The van der Waals surface area contributed by atoms with Crippen molar-refractivity contribution in [2.24, 2.45) is 0 Å². The fraction of sp³-hybridized carbons (Fsp3) is 0.667. The quantitative estimate of drug-likeness (QED) is 0.387. The number of nitrogens with one attached hydrogen (secondary N) is 1. The summed E-state index contributed by atoms with van der Waals surface area (Å²) in [6.07, 6.45) is 12.8. The Balaban J connectivity index is 2.00. The summed E-state index contributed by atoms with van der Waals surface area (Å²) in [6.45, 7) is 5.16. The van der Waals surface area contributed by atoms with Crippen molar-refractivity contribution in [2.45, 2.75) is 78.1 Å². The van der Waals surface area contributed by atoms with Crippen molar-refractivity contribution < 1.29 is 14.3 Å². The summed E-state index contributed by atoms with van der Waals surface area (Å²) < 4.78 is 10.6. The highest BCUT2D eigenvalue weighted by atomic mass is 16.5. The van der Waals surface area contributed by atoms with Crippen LogP contribution in [-0.4, -0.2) is 19.3 Å². The molecule has 4 nitrogen and oxygen atoms in total. The zero-order valence-corrected chi connectivity index (χ0v) is 16.0. The molecular weight excluding hydrogens is 314 g/mol. The number of amides is 1. The Bertz CT molecular complexity index is 445. The summed E-state index contributed by atoms with van der Waals surface area (Å²) in [5.41, 5.74) is 0.713. The highest BCUT2D eigenvalue weighted by Crippen LogP contribution is 2.17. The topological polar surface area (TPSA) is 47.6 Å². The number of hydrogen-bond acceptors (Lipinski definition) is 3. The van der Waals surface area contributed by atoms with Crippen LogP contribution in [0.15, 0.2) is 24.3 Å². The minimum atomic E-state index is -0.429. The SMILES string of the molecule is CCCCCCCCCCCCOc1ccc(NC(=O)OCC)cc1. The van der Waals surface area contributed by atoms with Crippen LogP contribution in [0.2, 0.25) is 0 Å². The minimum Gasteiger partial charge on any atom is -0.494 e. The van der Waals surface area contributed by atoms with E-state index in [0.717, 1.165) is 18.8 Å². The molecule has 0 radical (unpaired) electrons. The van der Waals surface area contributed by atoms with Crippen LogP contribution >= 0.6 is 0 Å². The lowest BCUT2D eigenvalue weighted by atomic mass is 10.1. The molecule has 0 atom stereocenters. The third-order valence-corrected chi connectivity index (χ3v) is 4.14. The van der Waals surface area contributed by atoms with Gasteiger partial charge in [0.15, 0.2) is 0 Å². The van der Waals surface area contributed by atoms with Crippen molar-refractivity contribution in [3.05, 3.63) is 24.3 Å². The van der Waals surface area contributed by atoms with E-state index < -0.39 is 6.09 Å². The van der Waals surface area contributed by atoms with Gasteiger partial charge in [0, 0.05) is 5.69 Å². The van der Waals surface area contributed by atoms with Gasteiger partial charge in [0.2, 0.25) is 0 Å². The van der Waals surface area contributed by atoms with Gasteiger partial charge in [-0.15, -0.1) is 0 Å². The number of anilines is 1. The molecule has 1 aromatic carbocycles. The number of benzene rings is 1. The smallest absolute Gasteiger partial charge is 0.411 e. The lowest BCUT2D eigenvalue weighted by molar-refractivity contribution is 0.168. The van der Waals surface area contributed by atoms with E-state index in [1.165, 1.54) is 57.8 Å². The van der Waals surface area contributed by atoms with E-state index in [-0.39, 0.29) is 0 Å². The molecule has 0 fully saturated rings. The Hall–Kier alpha value is -1.71. The molecule has 0 aliphatic heterocycles. The van der Waals surface area contributed by atoms with Crippen molar-refractivity contribution in [2.75, 3.05) is 18.5 Å². The number of carbonyl (C=O) groups excluding carboxylic acids is 1. The molecule has 0 saturated carbocycles. The number of hydrogen-bond donors (Lipinski definition) is 1. The normalized spacial score (nSPS) is 10.5. The van der Waals surface area contributed by atoms with Crippen LogP contribution in [0.5, 0.6) is 5.75 Å². The van der Waals surface area contributed by atoms with Crippen LogP contribution in [-0.2, 0) is 4.74 Å². The van der Waals surface area contributed by atoms with Gasteiger partial charge in [-0.05, 0) is 37.6 Å². The molecule has 25 heavy (non-hydrogen) atoms. The second-order valence-corrected chi connectivity index (χ2v) is 6.40. The number of rotatable bonds is 14. The van der Waals surface area contributed by atoms with Gasteiger partial charge in [0.25, 0.3) is 0 Å². The van der Waals surface area contributed by atoms with Crippen LogP contribution < -0.4 is 10.1 Å². The second-order valence-electron chi connectivity index (χ2n) is 6.40. The molecule has 0 aliphatic rings. The summed E-state index contributed by atoms with van der Waals surface area (Å²) in [5, 5.41) is 2.67. The monoisotopic (exact) mass is 349 g/mol. The van der Waals surface area contributed by atoms with Gasteiger partial charge in [-0.1, -0.05) is 64.7 Å². The third kappa shape index (κ3) is 11.5. The average molecular weight is 350 g/mol. The molecule has 1 aromatic rings. The first-order valence-electron chi connectivity index (χ1n) is 9.93. The van der Waals surface area contributed by atoms with E-state index in [0.29, 0.717) is 12.3 Å². The summed E-state index contributed by atoms with van der Waals surface area (Å²) in [6, 6.07) is 7.39. The van der Waals surface area contributed by atoms with E-state index >= 15 is 0 Å². The standard InChI is InChI=1S/C21H35NO3/c1-3-5-6-7-8-9-10-11-12-13-18-25-20-16-14-19(15-17-20)22-21(23)24-4-2/h14-17H,3-13,18H2,1-2H3,(H,22,23). The van der Waals surface area contributed by atoms with Gasteiger partial charge in [-0.2, -0.15) is 0 Å². The lowest BCUT2D eigenvalue weighted by Gasteiger charge is -2.08. The summed E-state index contributed by atoms with van der Waals surface area (Å²) >= 11 is 0. The maximum Gasteiger partial charge on any atom is 0.411 e. The van der Waals surface area contributed by atoms with Crippen LogP contribution in [0.1, 0.15) is 78.1 Å². The molecule has 0 aliphatic carbocycles. The molecule has 0 unspecified atom stereocenters. The van der Waals surface area contributed by atoms with Crippen LogP contribution in [0.4, 0.5) is 10.5 Å².